The molecule has 0 atom stereocenters. The molecule has 7 heteroatoms. The van der Waals surface area contributed by atoms with Gasteiger partial charge >= 0.3 is 0 Å². The van der Waals surface area contributed by atoms with E-state index in [9.17, 15) is 0 Å². The maximum absolute atomic E-state index is 4.70. The van der Waals surface area contributed by atoms with Gasteiger partial charge in [0.1, 0.15) is 12.4 Å². The lowest BCUT2D eigenvalue weighted by molar-refractivity contribution is 0.178. The molecule has 0 fully saturated rings. The van der Waals surface area contributed by atoms with E-state index >= 15 is 0 Å². The molecule has 0 aliphatic carbocycles. The summed E-state index contributed by atoms with van der Waals surface area (Å²) in [6.07, 6.45) is 3.46. The van der Waals surface area contributed by atoms with Crippen molar-refractivity contribution in [2.45, 2.75) is 79.1 Å². The second kappa shape index (κ2) is 9.75. The minimum atomic E-state index is 0.545. The van der Waals surface area contributed by atoms with Gasteiger partial charge in [0.05, 0.1) is 0 Å². The quantitative estimate of drug-likeness (QED) is 0.553. The Balaban J connectivity index is 1.91. The summed E-state index contributed by atoms with van der Waals surface area (Å²) in [6.45, 7) is 15.4. The van der Waals surface area contributed by atoms with E-state index in [0.29, 0.717) is 18.6 Å². The largest absolute Gasteiger partial charge is 0.357 e. The summed E-state index contributed by atoms with van der Waals surface area (Å²) in [5.41, 5.74) is 0. The molecule has 142 valence electrons. The Morgan fingerprint density at radius 1 is 1.16 bits per heavy atom. The highest BCUT2D eigenvalue weighted by atomic mass is 15.3. The first kappa shape index (κ1) is 19.7. The summed E-state index contributed by atoms with van der Waals surface area (Å²) in [5, 5.41) is 15.4. The Labute approximate surface area is 152 Å². The third-order valence-electron chi connectivity index (χ3n) is 4.65. The fourth-order valence-electron chi connectivity index (χ4n) is 3.39. The van der Waals surface area contributed by atoms with Crippen LogP contribution in [0.25, 0.3) is 0 Å². The molecule has 1 aromatic heterocycles. The molecule has 0 amide bonds. The highest BCUT2D eigenvalue weighted by Gasteiger charge is 2.15. The summed E-state index contributed by atoms with van der Waals surface area (Å²) >= 11 is 0. The average molecular weight is 350 g/mol. The highest BCUT2D eigenvalue weighted by molar-refractivity contribution is 5.79. The van der Waals surface area contributed by atoms with Gasteiger partial charge in [0.15, 0.2) is 11.8 Å². The maximum atomic E-state index is 4.70. The Bertz CT molecular complexity index is 540. The minimum Gasteiger partial charge on any atom is -0.357 e. The van der Waals surface area contributed by atoms with Gasteiger partial charge < -0.3 is 15.2 Å². The lowest BCUT2D eigenvalue weighted by Gasteiger charge is -2.30. The first-order chi connectivity index (χ1) is 12.0. The molecule has 1 aromatic rings. The van der Waals surface area contributed by atoms with E-state index in [1.165, 1.54) is 12.8 Å². The van der Waals surface area contributed by atoms with Gasteiger partial charge in [0, 0.05) is 44.7 Å². The summed E-state index contributed by atoms with van der Waals surface area (Å²) in [7, 11) is 0. The smallest absolute Gasteiger partial charge is 0.191 e. The van der Waals surface area contributed by atoms with Crippen molar-refractivity contribution in [2.75, 3.05) is 19.6 Å². The predicted molar refractivity (Wildman–Crippen MR) is 103 cm³/mol. The fraction of sp³-hybridized carbons (Fsp3) is 0.833. The number of rotatable bonds is 8. The van der Waals surface area contributed by atoms with E-state index in [1.807, 2.05) is 0 Å². The fourth-order valence-corrected chi connectivity index (χ4v) is 3.39. The molecule has 0 saturated heterocycles. The van der Waals surface area contributed by atoms with Crippen LogP contribution in [0, 0.1) is 0 Å². The van der Waals surface area contributed by atoms with E-state index in [2.05, 4.69) is 64.9 Å². The van der Waals surface area contributed by atoms with E-state index in [4.69, 9.17) is 4.99 Å². The number of aliphatic imine (C=N–C) groups is 1. The van der Waals surface area contributed by atoms with Crippen molar-refractivity contribution in [3.05, 3.63) is 11.6 Å². The first-order valence-corrected chi connectivity index (χ1v) is 9.71. The van der Waals surface area contributed by atoms with Crippen LogP contribution in [0.5, 0.6) is 0 Å². The van der Waals surface area contributed by atoms with Crippen molar-refractivity contribution in [1.29, 1.82) is 0 Å². The molecule has 0 unspecified atom stereocenters. The molecule has 1 aliphatic rings. The Morgan fingerprint density at radius 2 is 1.92 bits per heavy atom. The highest BCUT2D eigenvalue weighted by Crippen LogP contribution is 2.14. The number of aryl methyl sites for hydroxylation is 1. The molecule has 25 heavy (non-hydrogen) atoms. The van der Waals surface area contributed by atoms with Crippen molar-refractivity contribution in [1.82, 2.24) is 30.3 Å². The minimum absolute atomic E-state index is 0.545. The molecule has 2 N–H and O–H groups in total. The van der Waals surface area contributed by atoms with Gasteiger partial charge in [-0.25, -0.2) is 4.99 Å². The van der Waals surface area contributed by atoms with E-state index in [0.717, 1.165) is 50.2 Å². The standard InChI is InChI=1S/C18H35N7/c1-6-19-18(20-10-12-24(14(2)3)15(4)5)21-13-17-23-22-16-9-7-8-11-25(16)17/h14-15H,6-13H2,1-5H3,(H2,19,20,21). The average Bonchev–Trinajstić information content (AvgIpc) is 2.99. The van der Waals surface area contributed by atoms with E-state index in [-0.39, 0.29) is 0 Å². The summed E-state index contributed by atoms with van der Waals surface area (Å²) in [5.74, 6) is 2.93. The van der Waals surface area contributed by atoms with Crippen molar-refractivity contribution in [3.8, 4) is 0 Å². The molecule has 0 aromatic carbocycles. The van der Waals surface area contributed by atoms with Crippen LogP contribution in [-0.4, -0.2) is 57.3 Å². The van der Waals surface area contributed by atoms with Crippen molar-refractivity contribution in [2.24, 2.45) is 4.99 Å². The van der Waals surface area contributed by atoms with Gasteiger partial charge in [-0.15, -0.1) is 10.2 Å². The van der Waals surface area contributed by atoms with Crippen LogP contribution in [0.2, 0.25) is 0 Å². The van der Waals surface area contributed by atoms with Crippen LogP contribution in [0.15, 0.2) is 4.99 Å². The van der Waals surface area contributed by atoms with Crippen LogP contribution in [0.4, 0.5) is 0 Å². The summed E-state index contributed by atoms with van der Waals surface area (Å²) in [4.78, 5) is 7.18. The van der Waals surface area contributed by atoms with Gasteiger partial charge in [-0.1, -0.05) is 0 Å². The number of nitrogens with zero attached hydrogens (tertiary/aromatic N) is 5. The van der Waals surface area contributed by atoms with Crippen molar-refractivity contribution >= 4 is 5.96 Å². The lowest BCUT2D eigenvalue weighted by Crippen LogP contribution is -2.45. The monoisotopic (exact) mass is 349 g/mol. The molecule has 0 bridgehead atoms. The van der Waals surface area contributed by atoms with Crippen LogP contribution >= 0.6 is 0 Å². The van der Waals surface area contributed by atoms with Gasteiger partial charge in [0.2, 0.25) is 0 Å². The molecule has 2 heterocycles. The van der Waals surface area contributed by atoms with E-state index in [1.54, 1.807) is 0 Å². The predicted octanol–water partition coefficient (Wildman–Crippen LogP) is 1.79. The van der Waals surface area contributed by atoms with Crippen LogP contribution in [0.3, 0.4) is 0 Å². The normalized spacial score (nSPS) is 15.1. The van der Waals surface area contributed by atoms with E-state index < -0.39 is 0 Å². The lowest BCUT2D eigenvalue weighted by atomic mass is 10.2. The molecule has 0 radical (unpaired) electrons. The molecule has 0 saturated carbocycles. The first-order valence-electron chi connectivity index (χ1n) is 9.71. The van der Waals surface area contributed by atoms with Crippen molar-refractivity contribution in [3.63, 3.8) is 0 Å². The number of guanidine groups is 1. The summed E-state index contributed by atoms with van der Waals surface area (Å²) < 4.78 is 2.23. The number of hydrogen-bond acceptors (Lipinski definition) is 4. The second-order valence-electron chi connectivity index (χ2n) is 7.19. The number of hydrogen-bond donors (Lipinski definition) is 2. The van der Waals surface area contributed by atoms with Crippen LogP contribution in [0.1, 0.15) is 59.1 Å². The number of nitrogens with one attached hydrogen (secondary N) is 2. The molecule has 0 spiro atoms. The van der Waals surface area contributed by atoms with Gasteiger partial charge in [-0.05, 0) is 47.5 Å². The molecular weight excluding hydrogens is 314 g/mol. The van der Waals surface area contributed by atoms with Gasteiger partial charge in [-0.3, -0.25) is 4.90 Å². The Hall–Kier alpha value is -1.63. The molecule has 2 rings (SSSR count). The third kappa shape index (κ3) is 5.70. The zero-order valence-electron chi connectivity index (χ0n) is 16.5. The Kier molecular flexibility index (Phi) is 7.68. The Morgan fingerprint density at radius 3 is 2.60 bits per heavy atom. The van der Waals surface area contributed by atoms with Crippen molar-refractivity contribution < 1.29 is 0 Å². The topological polar surface area (TPSA) is 70.4 Å². The number of aromatic nitrogens is 3. The maximum Gasteiger partial charge on any atom is 0.191 e. The molecular formula is C18H35N7. The molecule has 1 aliphatic heterocycles. The zero-order valence-corrected chi connectivity index (χ0v) is 16.5. The van der Waals surface area contributed by atoms with Crippen LogP contribution in [-0.2, 0) is 19.5 Å². The number of fused-ring (bicyclic) bond motifs is 1. The van der Waals surface area contributed by atoms with Gasteiger partial charge in [0.25, 0.3) is 0 Å². The SMILES string of the molecule is CCNC(=NCc1nnc2n1CCCC2)NCCN(C(C)C)C(C)C. The summed E-state index contributed by atoms with van der Waals surface area (Å²) in [6, 6.07) is 1.09. The second-order valence-corrected chi connectivity index (χ2v) is 7.19. The van der Waals surface area contributed by atoms with Crippen LogP contribution < -0.4 is 10.6 Å². The molecule has 7 nitrogen and oxygen atoms in total. The van der Waals surface area contributed by atoms with Gasteiger partial charge in [-0.2, -0.15) is 0 Å². The zero-order chi connectivity index (χ0) is 18.2. The third-order valence-corrected chi connectivity index (χ3v) is 4.65.